The molecule has 2 aliphatic heterocycles. The van der Waals surface area contributed by atoms with Gasteiger partial charge >= 0.3 is 0 Å². The molecule has 0 aromatic carbocycles. The first-order chi connectivity index (χ1) is 8.09. The Bertz CT molecular complexity index is 349. The summed E-state index contributed by atoms with van der Waals surface area (Å²) in [6, 6.07) is 2.45. The predicted molar refractivity (Wildman–Crippen MR) is 64.3 cm³/mol. The van der Waals surface area contributed by atoms with Crippen molar-refractivity contribution in [2.24, 2.45) is 0 Å². The standard InChI is InChI=1S/C12H20N4O/c1-15(2)7-5-14-12(9-13)8-11(17)16-6-3-4-10(12)16/h10,14H,3-8H2,1-2H3. The Morgan fingerprint density at radius 1 is 1.65 bits per heavy atom. The minimum atomic E-state index is -0.649. The Labute approximate surface area is 102 Å². The molecule has 2 rings (SSSR count). The van der Waals surface area contributed by atoms with Crippen molar-refractivity contribution in [2.45, 2.75) is 30.8 Å². The third-order valence-electron chi connectivity index (χ3n) is 3.77. The summed E-state index contributed by atoms with van der Waals surface area (Å²) in [6.07, 6.45) is 2.31. The summed E-state index contributed by atoms with van der Waals surface area (Å²) in [7, 11) is 4.00. The predicted octanol–water partition coefficient (Wildman–Crippen LogP) is -0.205. The molecular formula is C12H20N4O. The van der Waals surface area contributed by atoms with Crippen molar-refractivity contribution in [1.82, 2.24) is 15.1 Å². The minimum absolute atomic E-state index is 0.0853. The Hall–Kier alpha value is -1.12. The van der Waals surface area contributed by atoms with E-state index < -0.39 is 5.54 Å². The van der Waals surface area contributed by atoms with Gasteiger partial charge in [-0.1, -0.05) is 0 Å². The van der Waals surface area contributed by atoms with E-state index in [1.807, 2.05) is 19.0 Å². The Morgan fingerprint density at radius 2 is 2.41 bits per heavy atom. The maximum absolute atomic E-state index is 11.9. The van der Waals surface area contributed by atoms with Crippen LogP contribution in [0.5, 0.6) is 0 Å². The van der Waals surface area contributed by atoms with Gasteiger partial charge in [-0.2, -0.15) is 5.26 Å². The summed E-state index contributed by atoms with van der Waals surface area (Å²) in [5.41, 5.74) is -0.649. The minimum Gasteiger partial charge on any atom is -0.337 e. The van der Waals surface area contributed by atoms with Crippen LogP contribution >= 0.6 is 0 Å². The van der Waals surface area contributed by atoms with Crippen molar-refractivity contribution < 1.29 is 4.79 Å². The van der Waals surface area contributed by atoms with Crippen molar-refractivity contribution >= 4 is 5.91 Å². The molecule has 2 aliphatic rings. The highest BCUT2D eigenvalue weighted by molar-refractivity contribution is 5.82. The first kappa shape index (κ1) is 12.3. The maximum atomic E-state index is 11.9. The van der Waals surface area contributed by atoms with Crippen LogP contribution in [0.25, 0.3) is 0 Å². The molecule has 2 fully saturated rings. The van der Waals surface area contributed by atoms with Crippen LogP contribution in [0.15, 0.2) is 0 Å². The number of likely N-dealkylation sites (N-methyl/N-ethyl adjacent to an activating group) is 1. The zero-order valence-electron chi connectivity index (χ0n) is 10.6. The highest BCUT2D eigenvalue weighted by atomic mass is 16.2. The monoisotopic (exact) mass is 236 g/mol. The number of nitrogens with zero attached hydrogens (tertiary/aromatic N) is 3. The quantitative estimate of drug-likeness (QED) is 0.734. The molecule has 0 radical (unpaired) electrons. The zero-order chi connectivity index (χ0) is 12.5. The molecule has 2 unspecified atom stereocenters. The van der Waals surface area contributed by atoms with Crippen LogP contribution in [0.1, 0.15) is 19.3 Å². The van der Waals surface area contributed by atoms with E-state index >= 15 is 0 Å². The molecule has 17 heavy (non-hydrogen) atoms. The summed E-state index contributed by atoms with van der Waals surface area (Å²) >= 11 is 0. The lowest BCUT2D eigenvalue weighted by atomic mass is 9.90. The average molecular weight is 236 g/mol. The lowest BCUT2D eigenvalue weighted by molar-refractivity contribution is -0.127. The van der Waals surface area contributed by atoms with Gasteiger partial charge in [-0.3, -0.25) is 10.1 Å². The molecule has 0 spiro atoms. The highest BCUT2D eigenvalue weighted by Gasteiger charge is 2.53. The molecule has 5 heteroatoms. The van der Waals surface area contributed by atoms with Gasteiger partial charge in [-0.05, 0) is 26.9 Å². The van der Waals surface area contributed by atoms with Gasteiger partial charge in [0.05, 0.1) is 18.5 Å². The van der Waals surface area contributed by atoms with Gasteiger partial charge in [0.15, 0.2) is 0 Å². The number of hydrogen-bond donors (Lipinski definition) is 1. The van der Waals surface area contributed by atoms with Crippen molar-refractivity contribution in [3.05, 3.63) is 0 Å². The third-order valence-corrected chi connectivity index (χ3v) is 3.77. The molecule has 1 amide bonds. The number of nitrogens with one attached hydrogen (secondary N) is 1. The molecular weight excluding hydrogens is 216 g/mol. The summed E-state index contributed by atoms with van der Waals surface area (Å²) in [6.45, 7) is 2.45. The molecule has 0 aromatic heterocycles. The van der Waals surface area contributed by atoms with Crippen LogP contribution in [0, 0.1) is 11.3 Å². The molecule has 0 aliphatic carbocycles. The van der Waals surface area contributed by atoms with E-state index in [0.717, 1.165) is 32.5 Å². The Kier molecular flexibility index (Phi) is 3.36. The lowest BCUT2D eigenvalue weighted by Crippen LogP contribution is -2.53. The SMILES string of the molecule is CN(C)CCNC1(C#N)CC(=O)N2CCCC21. The number of carbonyl (C=O) groups is 1. The molecule has 2 atom stereocenters. The van der Waals surface area contributed by atoms with E-state index in [1.165, 1.54) is 0 Å². The second-order valence-corrected chi connectivity index (χ2v) is 5.24. The molecule has 94 valence electrons. The maximum Gasteiger partial charge on any atom is 0.225 e. The molecule has 2 heterocycles. The van der Waals surface area contributed by atoms with Gasteiger partial charge < -0.3 is 9.80 Å². The smallest absolute Gasteiger partial charge is 0.225 e. The average Bonchev–Trinajstić information content (AvgIpc) is 2.83. The van der Waals surface area contributed by atoms with E-state index in [0.29, 0.717) is 6.42 Å². The van der Waals surface area contributed by atoms with Crippen molar-refractivity contribution in [3.8, 4) is 6.07 Å². The van der Waals surface area contributed by atoms with E-state index in [9.17, 15) is 10.1 Å². The molecule has 0 aromatic rings. The number of amides is 1. The largest absolute Gasteiger partial charge is 0.337 e. The van der Waals surface area contributed by atoms with Crippen LogP contribution in [0.3, 0.4) is 0 Å². The number of rotatable bonds is 4. The van der Waals surface area contributed by atoms with Crippen molar-refractivity contribution in [3.63, 3.8) is 0 Å². The van der Waals surface area contributed by atoms with Crippen molar-refractivity contribution in [1.29, 1.82) is 5.26 Å². The molecule has 0 saturated carbocycles. The zero-order valence-corrected chi connectivity index (χ0v) is 10.6. The fourth-order valence-electron chi connectivity index (χ4n) is 2.87. The first-order valence-electron chi connectivity index (χ1n) is 6.19. The van der Waals surface area contributed by atoms with Gasteiger partial charge in [0.1, 0.15) is 5.54 Å². The van der Waals surface area contributed by atoms with Gasteiger partial charge in [-0.15, -0.1) is 0 Å². The lowest BCUT2D eigenvalue weighted by Gasteiger charge is -2.29. The number of nitriles is 1. The van der Waals surface area contributed by atoms with E-state index in [1.54, 1.807) is 0 Å². The summed E-state index contributed by atoms with van der Waals surface area (Å²) in [4.78, 5) is 15.8. The summed E-state index contributed by atoms with van der Waals surface area (Å²) < 4.78 is 0. The van der Waals surface area contributed by atoms with E-state index in [4.69, 9.17) is 0 Å². The van der Waals surface area contributed by atoms with Crippen molar-refractivity contribution in [2.75, 3.05) is 33.7 Å². The van der Waals surface area contributed by atoms with E-state index in [-0.39, 0.29) is 11.9 Å². The molecule has 5 nitrogen and oxygen atoms in total. The van der Waals surface area contributed by atoms with Crippen LogP contribution < -0.4 is 5.32 Å². The van der Waals surface area contributed by atoms with Gasteiger partial charge in [-0.25, -0.2) is 0 Å². The number of hydrogen-bond acceptors (Lipinski definition) is 4. The summed E-state index contributed by atoms with van der Waals surface area (Å²) in [5, 5.41) is 12.8. The second kappa shape index (κ2) is 4.63. The van der Waals surface area contributed by atoms with Gasteiger partial charge in [0, 0.05) is 19.6 Å². The molecule has 2 saturated heterocycles. The normalized spacial score (nSPS) is 32.0. The highest BCUT2D eigenvalue weighted by Crippen LogP contribution is 2.36. The molecule has 1 N–H and O–H groups in total. The first-order valence-corrected chi connectivity index (χ1v) is 6.19. The second-order valence-electron chi connectivity index (χ2n) is 5.24. The van der Waals surface area contributed by atoms with E-state index in [2.05, 4.69) is 16.3 Å². The fraction of sp³-hybridized carbons (Fsp3) is 0.833. The number of carbonyl (C=O) groups excluding carboxylic acids is 1. The molecule has 0 bridgehead atoms. The van der Waals surface area contributed by atoms with Crippen LogP contribution in [0.2, 0.25) is 0 Å². The van der Waals surface area contributed by atoms with Crippen LogP contribution in [0.4, 0.5) is 0 Å². The van der Waals surface area contributed by atoms with Crippen LogP contribution in [-0.4, -0.2) is 61.0 Å². The van der Waals surface area contributed by atoms with Crippen LogP contribution in [-0.2, 0) is 4.79 Å². The Balaban J connectivity index is 2.04. The summed E-state index contributed by atoms with van der Waals surface area (Å²) in [5.74, 6) is 0.131. The Morgan fingerprint density at radius 3 is 3.06 bits per heavy atom. The fourth-order valence-corrected chi connectivity index (χ4v) is 2.87. The number of fused-ring (bicyclic) bond motifs is 1. The third kappa shape index (κ3) is 2.15. The van der Waals surface area contributed by atoms with Gasteiger partial charge in [0.25, 0.3) is 0 Å². The topological polar surface area (TPSA) is 59.4 Å². The van der Waals surface area contributed by atoms with Gasteiger partial charge in [0.2, 0.25) is 5.91 Å².